The maximum Gasteiger partial charge on any atom is 0.214 e. The molecule has 0 bridgehead atoms. The third-order valence-corrected chi connectivity index (χ3v) is 4.84. The normalized spacial score (nSPS) is 28.4. The zero-order valence-corrected chi connectivity index (χ0v) is 13.4. The second-order valence-electron chi connectivity index (χ2n) is 6.37. The van der Waals surface area contributed by atoms with E-state index in [1.54, 1.807) is 0 Å². The monoisotopic (exact) mass is 312 g/mol. The van der Waals surface area contributed by atoms with Crippen molar-refractivity contribution < 1.29 is 9.47 Å². The van der Waals surface area contributed by atoms with E-state index in [4.69, 9.17) is 9.47 Å². The molecule has 0 radical (unpaired) electrons. The summed E-state index contributed by atoms with van der Waals surface area (Å²) in [5.74, 6) is -0.575. The number of rotatable bonds is 2. The molecule has 3 aliphatic rings. The number of ether oxygens (including phenoxy) is 2. The summed E-state index contributed by atoms with van der Waals surface area (Å²) >= 11 is 0. The Hall–Kier alpha value is -1.62. The molecule has 3 heterocycles. The van der Waals surface area contributed by atoms with Crippen LogP contribution < -0.4 is 10.6 Å². The molecule has 4 nitrogen and oxygen atoms in total. The highest BCUT2D eigenvalue weighted by Crippen LogP contribution is 2.38. The van der Waals surface area contributed by atoms with Crippen LogP contribution in [0.4, 0.5) is 0 Å². The third-order valence-electron chi connectivity index (χ3n) is 4.84. The van der Waals surface area contributed by atoms with Crippen LogP contribution in [0.25, 0.3) is 0 Å². The maximum absolute atomic E-state index is 6.02. The highest BCUT2D eigenvalue weighted by atomic mass is 16.7. The van der Waals surface area contributed by atoms with Crippen LogP contribution in [0.5, 0.6) is 0 Å². The Morgan fingerprint density at radius 3 is 2.70 bits per heavy atom. The fourth-order valence-electron chi connectivity index (χ4n) is 3.67. The van der Waals surface area contributed by atoms with Crippen LogP contribution in [0.15, 0.2) is 53.3 Å². The van der Waals surface area contributed by atoms with Gasteiger partial charge in [-0.3, -0.25) is 0 Å². The Balaban J connectivity index is 1.67. The van der Waals surface area contributed by atoms with E-state index >= 15 is 0 Å². The van der Waals surface area contributed by atoms with E-state index in [1.807, 2.05) is 0 Å². The Bertz CT molecular complexity index is 608. The number of benzene rings is 1. The summed E-state index contributed by atoms with van der Waals surface area (Å²) in [6.07, 6.45) is 5.53. The summed E-state index contributed by atoms with van der Waals surface area (Å²) in [4.78, 5) is 0. The van der Waals surface area contributed by atoms with Crippen LogP contribution in [0.3, 0.4) is 0 Å². The van der Waals surface area contributed by atoms with Gasteiger partial charge in [0.25, 0.3) is 0 Å². The quantitative estimate of drug-likeness (QED) is 0.878. The summed E-state index contributed by atoms with van der Waals surface area (Å²) < 4.78 is 12.0. The van der Waals surface area contributed by atoms with Crippen molar-refractivity contribution in [3.05, 3.63) is 58.8 Å². The molecule has 0 aliphatic carbocycles. The van der Waals surface area contributed by atoms with Crippen molar-refractivity contribution in [3.8, 4) is 0 Å². The van der Waals surface area contributed by atoms with Gasteiger partial charge in [0.1, 0.15) is 0 Å². The zero-order chi connectivity index (χ0) is 15.5. The average Bonchev–Trinajstić information content (AvgIpc) is 3.23. The van der Waals surface area contributed by atoms with Gasteiger partial charge in [0.05, 0.1) is 19.8 Å². The van der Waals surface area contributed by atoms with E-state index in [0.29, 0.717) is 19.8 Å². The molecule has 1 aromatic rings. The largest absolute Gasteiger partial charge is 0.379 e. The van der Waals surface area contributed by atoms with Crippen LogP contribution in [0, 0.1) is 0 Å². The van der Waals surface area contributed by atoms with Gasteiger partial charge in [-0.05, 0) is 36.9 Å². The molecule has 3 fully saturated rings. The van der Waals surface area contributed by atoms with Gasteiger partial charge in [0.2, 0.25) is 5.79 Å². The first-order chi connectivity index (χ1) is 11.4. The van der Waals surface area contributed by atoms with Crippen molar-refractivity contribution in [3.63, 3.8) is 0 Å². The number of nitrogens with one attached hydrogen (secondary N) is 2. The topological polar surface area (TPSA) is 42.5 Å². The van der Waals surface area contributed by atoms with Gasteiger partial charge < -0.3 is 20.1 Å². The number of piperidine rings is 1. The van der Waals surface area contributed by atoms with Gasteiger partial charge in [-0.2, -0.15) is 0 Å². The highest BCUT2D eigenvalue weighted by molar-refractivity contribution is 5.46. The van der Waals surface area contributed by atoms with Gasteiger partial charge in [-0.25, -0.2) is 0 Å². The van der Waals surface area contributed by atoms with Crippen molar-refractivity contribution >= 4 is 0 Å². The van der Waals surface area contributed by atoms with E-state index in [0.717, 1.165) is 25.9 Å². The molecule has 0 aromatic heterocycles. The second-order valence-corrected chi connectivity index (χ2v) is 6.37. The molecule has 1 spiro atoms. The lowest BCUT2D eigenvalue weighted by atomic mass is 9.96. The lowest BCUT2D eigenvalue weighted by molar-refractivity contribution is -0.109. The smallest absolute Gasteiger partial charge is 0.214 e. The fourth-order valence-corrected chi connectivity index (χ4v) is 3.67. The number of allylic oxidation sites excluding steroid dienone is 1. The molecule has 2 N–H and O–H groups in total. The number of hydrogen-bond acceptors (Lipinski definition) is 4. The maximum atomic E-state index is 6.02. The molecular weight excluding hydrogens is 288 g/mol. The van der Waals surface area contributed by atoms with Gasteiger partial charge >= 0.3 is 0 Å². The van der Waals surface area contributed by atoms with Crippen LogP contribution >= 0.6 is 0 Å². The summed E-state index contributed by atoms with van der Waals surface area (Å²) in [6, 6.07) is 10.6. The first kappa shape index (κ1) is 14.9. The fraction of sp³-hybridized carbons (Fsp3) is 0.474. The van der Waals surface area contributed by atoms with Crippen molar-refractivity contribution in [2.75, 3.05) is 32.8 Å². The van der Waals surface area contributed by atoms with Crippen molar-refractivity contribution in [2.45, 2.75) is 25.0 Å². The van der Waals surface area contributed by atoms with Crippen LogP contribution in [-0.4, -0.2) is 38.6 Å². The van der Waals surface area contributed by atoms with Crippen LogP contribution in [-0.2, 0) is 15.9 Å². The van der Waals surface area contributed by atoms with Gasteiger partial charge in [0, 0.05) is 17.8 Å². The van der Waals surface area contributed by atoms with Crippen molar-refractivity contribution in [2.24, 2.45) is 0 Å². The Morgan fingerprint density at radius 1 is 1.13 bits per heavy atom. The summed E-state index contributed by atoms with van der Waals surface area (Å²) in [6.45, 7) is 4.13. The number of hydrogen-bond donors (Lipinski definition) is 2. The minimum absolute atomic E-state index is 0.575. The molecule has 1 aromatic carbocycles. The van der Waals surface area contributed by atoms with E-state index < -0.39 is 5.79 Å². The Morgan fingerprint density at radius 2 is 1.96 bits per heavy atom. The van der Waals surface area contributed by atoms with E-state index in [1.165, 1.54) is 28.8 Å². The van der Waals surface area contributed by atoms with Gasteiger partial charge in [-0.1, -0.05) is 36.4 Å². The molecule has 0 atom stereocenters. The molecule has 4 rings (SSSR count). The zero-order valence-electron chi connectivity index (χ0n) is 13.4. The molecule has 0 unspecified atom stereocenters. The standard InChI is InChI=1S/C19H24N2O2/c1-2-5-15(6-3-1)8-9-17-18(16-7-4-10-20-13-16)21-14-19(17)22-11-12-23-19/h1-3,5-6,9,20-21H,4,7-8,10-14H2/b17-9+,18-16-. The van der Waals surface area contributed by atoms with Gasteiger partial charge in [-0.15, -0.1) is 0 Å². The lowest BCUT2D eigenvalue weighted by Gasteiger charge is -2.24. The molecule has 122 valence electrons. The lowest BCUT2D eigenvalue weighted by Crippen LogP contribution is -2.34. The van der Waals surface area contributed by atoms with Crippen LogP contribution in [0.1, 0.15) is 18.4 Å². The predicted octanol–water partition coefficient (Wildman–Crippen LogP) is 2.14. The molecular formula is C19H24N2O2. The predicted molar refractivity (Wildman–Crippen MR) is 90.0 cm³/mol. The summed E-state index contributed by atoms with van der Waals surface area (Å²) in [5.41, 5.74) is 5.20. The van der Waals surface area contributed by atoms with E-state index in [9.17, 15) is 0 Å². The molecule has 23 heavy (non-hydrogen) atoms. The molecule has 3 aliphatic heterocycles. The summed E-state index contributed by atoms with van der Waals surface area (Å²) in [5, 5.41) is 7.05. The van der Waals surface area contributed by atoms with E-state index in [-0.39, 0.29) is 0 Å². The van der Waals surface area contributed by atoms with Gasteiger partial charge in [0.15, 0.2) is 0 Å². The Labute approximate surface area is 137 Å². The molecule has 0 amide bonds. The first-order valence-corrected chi connectivity index (χ1v) is 8.57. The van der Waals surface area contributed by atoms with Crippen molar-refractivity contribution in [1.82, 2.24) is 10.6 Å². The van der Waals surface area contributed by atoms with Crippen LogP contribution in [0.2, 0.25) is 0 Å². The second kappa shape index (κ2) is 6.48. The minimum Gasteiger partial charge on any atom is -0.379 e. The molecule has 3 saturated heterocycles. The molecule has 0 saturated carbocycles. The third kappa shape index (κ3) is 2.94. The van der Waals surface area contributed by atoms with Crippen molar-refractivity contribution in [1.29, 1.82) is 0 Å². The average molecular weight is 312 g/mol. The Kier molecular flexibility index (Phi) is 4.21. The highest BCUT2D eigenvalue weighted by Gasteiger charge is 2.47. The SMILES string of the molecule is C(/Cc1ccccc1)=C1/C(=C2\CCCNC2)NCC12OCCO2. The summed E-state index contributed by atoms with van der Waals surface area (Å²) in [7, 11) is 0. The van der Waals surface area contributed by atoms with E-state index in [2.05, 4.69) is 47.0 Å². The minimum atomic E-state index is -0.575. The first-order valence-electron chi connectivity index (χ1n) is 8.57. The molecule has 4 heteroatoms.